The summed E-state index contributed by atoms with van der Waals surface area (Å²) in [4.78, 5) is 20.2. The Bertz CT molecular complexity index is 852. The van der Waals surface area contributed by atoms with E-state index in [4.69, 9.17) is 0 Å². The molecule has 1 aromatic carbocycles. The summed E-state index contributed by atoms with van der Waals surface area (Å²) in [5, 5.41) is 3.21. The van der Waals surface area contributed by atoms with E-state index in [2.05, 4.69) is 15.3 Å². The fourth-order valence-corrected chi connectivity index (χ4v) is 3.81. The summed E-state index contributed by atoms with van der Waals surface area (Å²) in [5.74, 6) is 0.0174. The van der Waals surface area contributed by atoms with Crippen molar-refractivity contribution in [2.24, 2.45) is 0 Å². The van der Waals surface area contributed by atoms with Crippen molar-refractivity contribution in [3.05, 3.63) is 71.4 Å². The molecule has 3 rings (SSSR count). The van der Waals surface area contributed by atoms with Gasteiger partial charge in [-0.1, -0.05) is 29.5 Å². The Morgan fingerprint density at radius 3 is 2.92 bits per heavy atom. The van der Waals surface area contributed by atoms with E-state index in [0.29, 0.717) is 22.1 Å². The second-order valence-electron chi connectivity index (χ2n) is 5.04. The number of anilines is 1. The summed E-state index contributed by atoms with van der Waals surface area (Å²) >= 11 is 2.84. The van der Waals surface area contributed by atoms with Crippen molar-refractivity contribution in [2.45, 2.75) is 16.9 Å². The van der Waals surface area contributed by atoms with Gasteiger partial charge in [-0.25, -0.2) is 9.37 Å². The van der Waals surface area contributed by atoms with Gasteiger partial charge in [0, 0.05) is 11.9 Å². The van der Waals surface area contributed by atoms with E-state index in [-0.39, 0.29) is 11.7 Å². The van der Waals surface area contributed by atoms with Crippen LogP contribution in [0.2, 0.25) is 0 Å². The number of carbonyl (C=O) groups is 1. The molecule has 0 aliphatic carbocycles. The van der Waals surface area contributed by atoms with Gasteiger partial charge in [0.05, 0.1) is 10.4 Å². The molecule has 0 fully saturated rings. The first kappa shape index (κ1) is 16.6. The van der Waals surface area contributed by atoms with Crippen LogP contribution in [-0.2, 0) is 5.75 Å². The van der Waals surface area contributed by atoms with Crippen LogP contribution in [0, 0.1) is 12.7 Å². The third-order valence-electron chi connectivity index (χ3n) is 3.18. The number of nitrogens with one attached hydrogen (secondary N) is 1. The Labute approximate surface area is 147 Å². The molecule has 4 nitrogen and oxygen atoms in total. The van der Waals surface area contributed by atoms with Gasteiger partial charge in [0.2, 0.25) is 0 Å². The van der Waals surface area contributed by atoms with Gasteiger partial charge in [0.15, 0.2) is 5.13 Å². The van der Waals surface area contributed by atoms with E-state index in [0.717, 1.165) is 9.77 Å². The Morgan fingerprint density at radius 1 is 1.29 bits per heavy atom. The van der Waals surface area contributed by atoms with E-state index in [1.807, 2.05) is 13.0 Å². The zero-order chi connectivity index (χ0) is 16.9. The van der Waals surface area contributed by atoms with Crippen LogP contribution < -0.4 is 5.32 Å². The van der Waals surface area contributed by atoms with Gasteiger partial charge < -0.3 is 0 Å². The number of halogens is 1. The second kappa shape index (κ2) is 7.55. The second-order valence-corrected chi connectivity index (χ2v) is 7.34. The van der Waals surface area contributed by atoms with Crippen molar-refractivity contribution in [1.29, 1.82) is 0 Å². The average Bonchev–Trinajstić information content (AvgIpc) is 3.02. The van der Waals surface area contributed by atoms with Crippen LogP contribution in [0.5, 0.6) is 0 Å². The van der Waals surface area contributed by atoms with Crippen LogP contribution in [0.4, 0.5) is 9.52 Å². The topological polar surface area (TPSA) is 54.9 Å². The van der Waals surface area contributed by atoms with E-state index in [1.54, 1.807) is 36.7 Å². The van der Waals surface area contributed by atoms with Crippen LogP contribution in [0.3, 0.4) is 0 Å². The number of nitrogens with zero attached hydrogens (tertiary/aromatic N) is 2. The van der Waals surface area contributed by atoms with Gasteiger partial charge in [0.1, 0.15) is 11.5 Å². The Balaban J connectivity index is 1.60. The summed E-state index contributed by atoms with van der Waals surface area (Å²) in [6.45, 7) is 1.86. The number of rotatable bonds is 5. The van der Waals surface area contributed by atoms with Crippen molar-refractivity contribution < 1.29 is 9.18 Å². The first-order valence-electron chi connectivity index (χ1n) is 7.18. The number of thiazole rings is 1. The largest absolute Gasteiger partial charge is 0.296 e. The molecule has 0 saturated carbocycles. The van der Waals surface area contributed by atoms with E-state index in [1.165, 1.54) is 29.2 Å². The Hall–Kier alpha value is -2.25. The molecule has 1 N–H and O–H groups in total. The zero-order valence-corrected chi connectivity index (χ0v) is 14.5. The highest BCUT2D eigenvalue weighted by Gasteiger charge is 2.11. The van der Waals surface area contributed by atoms with E-state index >= 15 is 0 Å². The maximum Gasteiger partial charge on any atom is 0.276 e. The molecule has 3 aromatic rings. The lowest BCUT2D eigenvalue weighted by Crippen LogP contribution is -2.12. The van der Waals surface area contributed by atoms with Gasteiger partial charge in [-0.15, -0.1) is 11.8 Å². The van der Waals surface area contributed by atoms with E-state index in [9.17, 15) is 9.18 Å². The highest BCUT2D eigenvalue weighted by Crippen LogP contribution is 2.31. The Morgan fingerprint density at radius 2 is 2.17 bits per heavy atom. The highest BCUT2D eigenvalue weighted by molar-refractivity contribution is 8.00. The first-order chi connectivity index (χ1) is 11.6. The normalized spacial score (nSPS) is 10.6. The molecule has 0 saturated heterocycles. The van der Waals surface area contributed by atoms with E-state index < -0.39 is 0 Å². The Kier molecular flexibility index (Phi) is 5.22. The maximum atomic E-state index is 13.8. The van der Waals surface area contributed by atoms with Crippen molar-refractivity contribution in [1.82, 2.24) is 9.97 Å². The molecule has 0 atom stereocenters. The minimum absolute atomic E-state index is 0.198. The molecule has 0 aliphatic heterocycles. The van der Waals surface area contributed by atoms with Crippen LogP contribution in [-0.4, -0.2) is 15.9 Å². The molecule has 0 unspecified atom stereocenters. The lowest BCUT2D eigenvalue weighted by atomic mass is 10.2. The first-order valence-corrected chi connectivity index (χ1v) is 8.98. The molecule has 1 amide bonds. The number of hydrogen-bond acceptors (Lipinski definition) is 5. The molecule has 0 aliphatic rings. The van der Waals surface area contributed by atoms with Crippen molar-refractivity contribution in [3.63, 3.8) is 0 Å². The van der Waals surface area contributed by atoms with Gasteiger partial charge in [-0.05, 0) is 36.2 Å². The minimum Gasteiger partial charge on any atom is -0.296 e. The highest BCUT2D eigenvalue weighted by atomic mass is 32.2. The summed E-state index contributed by atoms with van der Waals surface area (Å²) in [6, 6.07) is 10.4. The monoisotopic (exact) mass is 359 g/mol. The third kappa shape index (κ3) is 4.18. The minimum atomic E-state index is -0.300. The third-order valence-corrected chi connectivity index (χ3v) is 5.34. The zero-order valence-electron chi connectivity index (χ0n) is 12.8. The molecular weight excluding hydrogens is 345 g/mol. The number of benzene rings is 1. The molecular formula is C17H14FN3OS2. The van der Waals surface area contributed by atoms with Crippen LogP contribution in [0.25, 0.3) is 0 Å². The predicted octanol–water partition coefficient (Wildman–Crippen LogP) is 4.53. The standard InChI is InChI=1S/C17H14FN3OS2/c1-11-5-6-12(13(18)8-11)10-23-15-9-20-17(24-15)21-16(22)14-4-2-3-7-19-14/h2-9H,10H2,1H3,(H,20,21,22). The smallest absolute Gasteiger partial charge is 0.276 e. The molecule has 2 heterocycles. The molecule has 2 aromatic heterocycles. The van der Waals surface area contributed by atoms with Gasteiger partial charge in [-0.3, -0.25) is 15.1 Å². The molecule has 0 radical (unpaired) electrons. The lowest BCUT2D eigenvalue weighted by molar-refractivity contribution is 0.102. The number of thioether (sulfide) groups is 1. The number of hydrogen-bond donors (Lipinski definition) is 1. The molecule has 24 heavy (non-hydrogen) atoms. The SMILES string of the molecule is Cc1ccc(CSc2cnc(NC(=O)c3ccccn3)s2)c(F)c1. The lowest BCUT2D eigenvalue weighted by Gasteiger charge is -2.02. The quantitative estimate of drug-likeness (QED) is 0.680. The van der Waals surface area contributed by atoms with Gasteiger partial charge in [-0.2, -0.15) is 0 Å². The van der Waals surface area contributed by atoms with Crippen molar-refractivity contribution in [3.8, 4) is 0 Å². The number of aromatic nitrogens is 2. The molecule has 0 bridgehead atoms. The van der Waals surface area contributed by atoms with Crippen molar-refractivity contribution >= 4 is 34.1 Å². The predicted molar refractivity (Wildman–Crippen MR) is 95.0 cm³/mol. The van der Waals surface area contributed by atoms with Gasteiger partial charge in [0.25, 0.3) is 5.91 Å². The summed E-state index contributed by atoms with van der Waals surface area (Å²) in [5.41, 5.74) is 1.89. The molecule has 0 spiro atoms. The average molecular weight is 359 g/mol. The number of pyridine rings is 1. The number of amides is 1. The van der Waals surface area contributed by atoms with Crippen LogP contribution in [0.15, 0.2) is 53.0 Å². The molecule has 122 valence electrons. The summed E-state index contributed by atoms with van der Waals surface area (Å²) < 4.78 is 14.7. The summed E-state index contributed by atoms with van der Waals surface area (Å²) in [6.07, 6.45) is 3.24. The van der Waals surface area contributed by atoms with Crippen LogP contribution >= 0.6 is 23.1 Å². The summed E-state index contributed by atoms with van der Waals surface area (Å²) in [7, 11) is 0. The molecule has 7 heteroatoms. The fraction of sp³-hybridized carbons (Fsp3) is 0.118. The fourth-order valence-electron chi connectivity index (χ4n) is 1.96. The maximum absolute atomic E-state index is 13.8. The van der Waals surface area contributed by atoms with Crippen molar-refractivity contribution in [2.75, 3.05) is 5.32 Å². The van der Waals surface area contributed by atoms with Crippen LogP contribution in [0.1, 0.15) is 21.6 Å². The van der Waals surface area contributed by atoms with Gasteiger partial charge >= 0.3 is 0 Å². The number of aryl methyl sites for hydroxylation is 1. The number of carbonyl (C=O) groups excluding carboxylic acids is 1.